The van der Waals surface area contributed by atoms with Crippen molar-refractivity contribution in [3.05, 3.63) is 63.1 Å². The normalized spacial score (nSPS) is 11.1. The number of rotatable bonds is 3. The molecule has 5 nitrogen and oxygen atoms in total. The number of benzene rings is 2. The lowest BCUT2D eigenvalue weighted by molar-refractivity contribution is 0.0358. The molecule has 0 aromatic heterocycles. The van der Waals surface area contributed by atoms with E-state index in [9.17, 15) is 9.59 Å². The summed E-state index contributed by atoms with van der Waals surface area (Å²) >= 11 is 12.4. The standard InChI is InChI=1S/C20H22Cl2N2O3/c1-12-9-10-15(21)14(11-12)19(26)24(20(2,3)4)23-18(25)13-7-6-8-16(27-5)17(13)22/h6-11H,1-5H3,(H,23,25). The third kappa shape index (κ3) is 4.73. The third-order valence-electron chi connectivity index (χ3n) is 3.87. The van der Waals surface area contributed by atoms with Gasteiger partial charge in [0, 0.05) is 0 Å². The molecule has 2 aromatic rings. The summed E-state index contributed by atoms with van der Waals surface area (Å²) in [6, 6.07) is 10.0. The Kier molecular flexibility index (Phi) is 6.39. The van der Waals surface area contributed by atoms with Gasteiger partial charge in [0.15, 0.2) is 0 Å². The summed E-state index contributed by atoms with van der Waals surface area (Å²) in [5.74, 6) is -0.561. The van der Waals surface area contributed by atoms with Gasteiger partial charge < -0.3 is 4.74 Å². The molecule has 0 spiro atoms. The highest BCUT2D eigenvalue weighted by Gasteiger charge is 2.31. The number of methoxy groups -OCH3 is 1. The highest BCUT2D eigenvalue weighted by Crippen LogP contribution is 2.28. The fourth-order valence-corrected chi connectivity index (χ4v) is 2.94. The monoisotopic (exact) mass is 408 g/mol. The molecule has 0 fully saturated rings. The molecule has 0 saturated carbocycles. The van der Waals surface area contributed by atoms with Gasteiger partial charge in [0.05, 0.1) is 33.8 Å². The number of amides is 2. The van der Waals surface area contributed by atoms with E-state index in [2.05, 4.69) is 5.43 Å². The summed E-state index contributed by atoms with van der Waals surface area (Å²) in [6.45, 7) is 7.29. The first-order valence-electron chi connectivity index (χ1n) is 8.30. The van der Waals surface area contributed by atoms with Crippen molar-refractivity contribution in [2.45, 2.75) is 33.2 Å². The maximum atomic E-state index is 13.1. The predicted molar refractivity (Wildman–Crippen MR) is 108 cm³/mol. The van der Waals surface area contributed by atoms with E-state index in [1.807, 2.05) is 33.8 Å². The molecule has 0 atom stereocenters. The van der Waals surface area contributed by atoms with Gasteiger partial charge in [-0.25, -0.2) is 5.01 Å². The van der Waals surface area contributed by atoms with Gasteiger partial charge in [-0.3, -0.25) is 15.0 Å². The fourth-order valence-electron chi connectivity index (χ4n) is 2.45. The summed E-state index contributed by atoms with van der Waals surface area (Å²) in [4.78, 5) is 25.9. The van der Waals surface area contributed by atoms with Crippen molar-refractivity contribution in [2.75, 3.05) is 7.11 Å². The van der Waals surface area contributed by atoms with Gasteiger partial charge in [-0.2, -0.15) is 0 Å². The Morgan fingerprint density at radius 1 is 1.07 bits per heavy atom. The number of aryl methyl sites for hydroxylation is 1. The zero-order valence-electron chi connectivity index (χ0n) is 15.9. The predicted octanol–water partition coefficient (Wildman–Crippen LogP) is 4.90. The van der Waals surface area contributed by atoms with E-state index in [1.165, 1.54) is 12.1 Å². The molecule has 0 saturated heterocycles. The maximum Gasteiger partial charge on any atom is 0.274 e. The number of carbonyl (C=O) groups is 2. The number of hydrogen-bond donors (Lipinski definition) is 1. The summed E-state index contributed by atoms with van der Waals surface area (Å²) in [5, 5.41) is 1.74. The first-order chi connectivity index (χ1) is 12.6. The topological polar surface area (TPSA) is 58.6 Å². The van der Waals surface area contributed by atoms with Crippen molar-refractivity contribution in [1.82, 2.24) is 10.4 Å². The van der Waals surface area contributed by atoms with E-state index in [0.29, 0.717) is 16.3 Å². The molecule has 0 aliphatic rings. The van der Waals surface area contributed by atoms with Crippen molar-refractivity contribution in [1.29, 1.82) is 0 Å². The molecule has 7 heteroatoms. The second-order valence-electron chi connectivity index (χ2n) is 7.06. The van der Waals surface area contributed by atoms with Gasteiger partial charge in [-0.15, -0.1) is 0 Å². The minimum atomic E-state index is -0.703. The summed E-state index contributed by atoms with van der Waals surface area (Å²) in [6.07, 6.45) is 0. The molecule has 0 bridgehead atoms. The minimum absolute atomic E-state index is 0.174. The van der Waals surface area contributed by atoms with Crippen LogP contribution in [0.15, 0.2) is 36.4 Å². The van der Waals surface area contributed by atoms with Crippen LogP contribution in [-0.2, 0) is 0 Å². The Hall–Kier alpha value is -2.24. The van der Waals surface area contributed by atoms with E-state index < -0.39 is 17.4 Å². The SMILES string of the molecule is COc1cccc(C(=O)NN(C(=O)c2cc(C)ccc2Cl)C(C)(C)C)c1Cl. The largest absolute Gasteiger partial charge is 0.495 e. The number of nitrogens with zero attached hydrogens (tertiary/aromatic N) is 1. The van der Waals surface area contributed by atoms with Crippen LogP contribution >= 0.6 is 23.2 Å². The van der Waals surface area contributed by atoms with Crippen LogP contribution in [-0.4, -0.2) is 29.5 Å². The zero-order chi connectivity index (χ0) is 20.4. The lowest BCUT2D eigenvalue weighted by Crippen LogP contribution is -2.56. The van der Waals surface area contributed by atoms with Crippen LogP contribution in [0.2, 0.25) is 10.0 Å². The first-order valence-corrected chi connectivity index (χ1v) is 9.06. The van der Waals surface area contributed by atoms with Crippen LogP contribution < -0.4 is 10.2 Å². The number of hydrogen-bond acceptors (Lipinski definition) is 3. The molecule has 0 aliphatic heterocycles. The number of hydrazine groups is 1. The van der Waals surface area contributed by atoms with Crippen molar-refractivity contribution in [3.8, 4) is 5.75 Å². The molecule has 2 rings (SSSR count). The highest BCUT2D eigenvalue weighted by atomic mass is 35.5. The van der Waals surface area contributed by atoms with Crippen LogP contribution in [0.3, 0.4) is 0 Å². The smallest absolute Gasteiger partial charge is 0.274 e. The molecule has 27 heavy (non-hydrogen) atoms. The van der Waals surface area contributed by atoms with E-state index in [1.54, 1.807) is 30.3 Å². The summed E-state index contributed by atoms with van der Waals surface area (Å²) in [5.41, 5.74) is 3.35. The van der Waals surface area contributed by atoms with Gasteiger partial charge in [0.25, 0.3) is 11.8 Å². The van der Waals surface area contributed by atoms with Crippen LogP contribution in [0.4, 0.5) is 0 Å². The Labute approximate surface area is 169 Å². The molecule has 0 aliphatic carbocycles. The summed E-state index contributed by atoms with van der Waals surface area (Å²) in [7, 11) is 1.47. The quantitative estimate of drug-likeness (QED) is 0.734. The number of carbonyl (C=O) groups excluding carboxylic acids is 2. The summed E-state index contributed by atoms with van der Waals surface area (Å²) < 4.78 is 5.14. The molecular weight excluding hydrogens is 387 g/mol. The molecular formula is C20H22Cl2N2O3. The number of nitrogens with one attached hydrogen (secondary N) is 1. The Morgan fingerprint density at radius 2 is 1.74 bits per heavy atom. The van der Waals surface area contributed by atoms with Gasteiger partial charge in [0.1, 0.15) is 5.75 Å². The molecule has 0 heterocycles. The van der Waals surface area contributed by atoms with Crippen LogP contribution in [0.25, 0.3) is 0 Å². The first kappa shape index (κ1) is 21.1. The average molecular weight is 409 g/mol. The molecule has 2 aromatic carbocycles. The van der Waals surface area contributed by atoms with Gasteiger partial charge in [0.2, 0.25) is 0 Å². The lowest BCUT2D eigenvalue weighted by atomic mass is 10.1. The second-order valence-corrected chi connectivity index (χ2v) is 7.84. The highest BCUT2D eigenvalue weighted by molar-refractivity contribution is 6.35. The van der Waals surface area contributed by atoms with E-state index in [-0.39, 0.29) is 10.6 Å². The van der Waals surface area contributed by atoms with E-state index in [0.717, 1.165) is 5.56 Å². The van der Waals surface area contributed by atoms with Gasteiger partial charge in [-0.05, 0) is 52.0 Å². The number of ether oxygens (including phenoxy) is 1. The zero-order valence-corrected chi connectivity index (χ0v) is 17.4. The Bertz CT molecular complexity index is 876. The average Bonchev–Trinajstić information content (AvgIpc) is 2.60. The third-order valence-corrected chi connectivity index (χ3v) is 4.59. The van der Waals surface area contributed by atoms with Gasteiger partial charge in [-0.1, -0.05) is 40.9 Å². The van der Waals surface area contributed by atoms with E-state index in [4.69, 9.17) is 27.9 Å². The molecule has 144 valence electrons. The minimum Gasteiger partial charge on any atom is -0.495 e. The van der Waals surface area contributed by atoms with Crippen molar-refractivity contribution in [3.63, 3.8) is 0 Å². The van der Waals surface area contributed by atoms with Crippen molar-refractivity contribution < 1.29 is 14.3 Å². The fraction of sp³-hybridized carbons (Fsp3) is 0.300. The van der Waals surface area contributed by atoms with E-state index >= 15 is 0 Å². The van der Waals surface area contributed by atoms with Crippen LogP contribution in [0.1, 0.15) is 47.1 Å². The molecule has 0 unspecified atom stereocenters. The molecule has 0 radical (unpaired) electrons. The maximum absolute atomic E-state index is 13.1. The number of halogens is 2. The van der Waals surface area contributed by atoms with Crippen LogP contribution in [0, 0.1) is 6.92 Å². The Balaban J connectivity index is 2.40. The van der Waals surface area contributed by atoms with Crippen molar-refractivity contribution >= 4 is 35.0 Å². The lowest BCUT2D eigenvalue weighted by Gasteiger charge is -2.35. The Morgan fingerprint density at radius 3 is 2.33 bits per heavy atom. The van der Waals surface area contributed by atoms with Gasteiger partial charge >= 0.3 is 0 Å². The molecule has 1 N–H and O–H groups in total. The van der Waals surface area contributed by atoms with Crippen molar-refractivity contribution in [2.24, 2.45) is 0 Å². The second kappa shape index (κ2) is 8.19. The van der Waals surface area contributed by atoms with Crippen LogP contribution in [0.5, 0.6) is 5.75 Å². The molecule has 2 amide bonds.